The summed E-state index contributed by atoms with van der Waals surface area (Å²) in [5, 5.41) is 0. The maximum atomic E-state index is 4.26. The second-order valence-corrected chi connectivity index (χ2v) is 4.59. The predicted octanol–water partition coefficient (Wildman–Crippen LogP) is 0.555. The highest BCUT2D eigenvalue weighted by atomic mass is 15.4. The van der Waals surface area contributed by atoms with Crippen LogP contribution in [0.15, 0.2) is 9.98 Å². The van der Waals surface area contributed by atoms with Gasteiger partial charge in [-0.3, -0.25) is 4.48 Å². The molecule has 2 heterocycles. The van der Waals surface area contributed by atoms with Crippen LogP contribution in [0.25, 0.3) is 0 Å². The Balaban J connectivity index is 2.00. The van der Waals surface area contributed by atoms with Crippen LogP contribution in [0.1, 0.15) is 12.8 Å². The first-order valence-corrected chi connectivity index (χ1v) is 5.27. The number of rotatable bonds is 1. The Morgan fingerprint density at radius 1 is 1.36 bits per heavy atom. The number of aliphatic imine (C=N–C) groups is 2. The number of piperidine rings is 1. The lowest BCUT2D eigenvalue weighted by atomic mass is 10.0. The lowest BCUT2D eigenvalue weighted by Crippen LogP contribution is -2.55. The molecule has 0 aliphatic carbocycles. The molecule has 0 N–H and O–H groups in total. The van der Waals surface area contributed by atoms with E-state index in [2.05, 4.69) is 29.0 Å². The molecule has 4 heteroatoms. The zero-order valence-corrected chi connectivity index (χ0v) is 9.06. The molecule has 0 aromatic heterocycles. The number of likely N-dealkylation sites (tertiary alicyclic amines) is 1. The van der Waals surface area contributed by atoms with Crippen molar-refractivity contribution in [3.8, 4) is 0 Å². The maximum Gasteiger partial charge on any atom is 0.192 e. The van der Waals surface area contributed by atoms with Gasteiger partial charge in [-0.1, -0.05) is 0 Å². The number of hydrogen-bond donors (Lipinski definition) is 0. The molecule has 2 rings (SSSR count). The average Bonchev–Trinajstić information content (AvgIpc) is 2.19. The Kier molecular flexibility index (Phi) is 2.65. The summed E-state index contributed by atoms with van der Waals surface area (Å²) in [7, 11) is 4.43. The number of quaternary nitrogens is 1. The molecule has 2 aliphatic rings. The second kappa shape index (κ2) is 3.79. The molecule has 78 valence electrons. The Morgan fingerprint density at radius 2 is 2.07 bits per heavy atom. The Bertz CT molecular complexity index is 253. The monoisotopic (exact) mass is 195 g/mol. The fourth-order valence-corrected chi connectivity index (χ4v) is 2.27. The molecule has 2 aliphatic heterocycles. The minimum atomic E-state index is 0.701. The van der Waals surface area contributed by atoms with Crippen molar-refractivity contribution in [1.29, 1.82) is 0 Å². The van der Waals surface area contributed by atoms with Crippen LogP contribution in [-0.2, 0) is 0 Å². The van der Waals surface area contributed by atoms with E-state index in [0.29, 0.717) is 6.04 Å². The van der Waals surface area contributed by atoms with Crippen LogP contribution in [0, 0.1) is 0 Å². The molecule has 1 saturated heterocycles. The van der Waals surface area contributed by atoms with Crippen LogP contribution in [0.2, 0.25) is 0 Å². The zero-order valence-electron chi connectivity index (χ0n) is 9.06. The molecule has 0 amide bonds. The summed E-state index contributed by atoms with van der Waals surface area (Å²) in [6.45, 7) is 3.27. The minimum absolute atomic E-state index is 0.701. The van der Waals surface area contributed by atoms with Crippen LogP contribution in [0.4, 0.5) is 0 Å². The van der Waals surface area contributed by atoms with E-state index >= 15 is 0 Å². The third kappa shape index (κ3) is 1.86. The van der Waals surface area contributed by atoms with Crippen molar-refractivity contribution in [3.63, 3.8) is 0 Å². The summed E-state index contributed by atoms with van der Waals surface area (Å²) in [5.74, 6) is 0. The predicted molar refractivity (Wildman–Crippen MR) is 58.6 cm³/mol. The first kappa shape index (κ1) is 9.80. The van der Waals surface area contributed by atoms with E-state index in [-0.39, 0.29) is 0 Å². The van der Waals surface area contributed by atoms with Gasteiger partial charge in [0.05, 0.1) is 13.1 Å². The van der Waals surface area contributed by atoms with Crippen molar-refractivity contribution >= 4 is 12.7 Å². The summed E-state index contributed by atoms with van der Waals surface area (Å²) in [4.78, 5) is 10.8. The lowest BCUT2D eigenvalue weighted by molar-refractivity contribution is -0.843. The molecular formula is C10H19N4+. The molecule has 14 heavy (non-hydrogen) atoms. The molecule has 0 bridgehead atoms. The van der Waals surface area contributed by atoms with E-state index in [1.807, 2.05) is 6.34 Å². The number of hydrogen-bond acceptors (Lipinski definition) is 3. The molecule has 1 unspecified atom stereocenters. The van der Waals surface area contributed by atoms with Gasteiger partial charge in [0.2, 0.25) is 0 Å². The van der Waals surface area contributed by atoms with Gasteiger partial charge in [-0.2, -0.15) is 4.99 Å². The summed E-state index contributed by atoms with van der Waals surface area (Å²) in [6, 6.07) is 0.701. The minimum Gasteiger partial charge on any atom is -0.306 e. The summed E-state index contributed by atoms with van der Waals surface area (Å²) in [6.07, 6.45) is 6.22. The molecule has 1 fully saturated rings. The van der Waals surface area contributed by atoms with Crippen molar-refractivity contribution in [2.75, 3.05) is 33.9 Å². The van der Waals surface area contributed by atoms with Crippen molar-refractivity contribution in [2.45, 2.75) is 18.9 Å². The van der Waals surface area contributed by atoms with Crippen molar-refractivity contribution < 1.29 is 4.48 Å². The average molecular weight is 195 g/mol. The van der Waals surface area contributed by atoms with Crippen LogP contribution in [-0.4, -0.2) is 62.0 Å². The van der Waals surface area contributed by atoms with Crippen molar-refractivity contribution in [2.24, 2.45) is 9.98 Å². The third-order valence-electron chi connectivity index (χ3n) is 3.39. The van der Waals surface area contributed by atoms with Gasteiger partial charge in [0.25, 0.3) is 0 Å². The molecule has 0 spiro atoms. The standard InChI is InChI=1S/C10H19N4/c1-13-5-3-10(4-6-13)14(2)8-11-7-12-9-14/h7-8,10H,3-6,9H2,1-2H3/q+1. The van der Waals surface area contributed by atoms with E-state index in [9.17, 15) is 0 Å². The molecule has 0 saturated carbocycles. The number of nitrogens with zero attached hydrogens (tertiary/aromatic N) is 4. The molecule has 4 nitrogen and oxygen atoms in total. The molecule has 0 aromatic rings. The first-order chi connectivity index (χ1) is 6.71. The van der Waals surface area contributed by atoms with E-state index in [1.165, 1.54) is 25.9 Å². The van der Waals surface area contributed by atoms with Crippen molar-refractivity contribution in [3.05, 3.63) is 0 Å². The third-order valence-corrected chi connectivity index (χ3v) is 3.39. The SMILES string of the molecule is CN1CCC([N+]2(C)C=NC=NC2)CC1. The summed E-state index contributed by atoms with van der Waals surface area (Å²) in [5.41, 5.74) is 0. The fourth-order valence-electron chi connectivity index (χ4n) is 2.27. The van der Waals surface area contributed by atoms with E-state index in [1.54, 1.807) is 6.34 Å². The van der Waals surface area contributed by atoms with Gasteiger partial charge in [0.15, 0.2) is 13.0 Å². The van der Waals surface area contributed by atoms with Crippen molar-refractivity contribution in [1.82, 2.24) is 4.90 Å². The topological polar surface area (TPSA) is 28.0 Å². The van der Waals surface area contributed by atoms with E-state index < -0.39 is 0 Å². The van der Waals surface area contributed by atoms with Gasteiger partial charge >= 0.3 is 0 Å². The molecule has 0 radical (unpaired) electrons. The van der Waals surface area contributed by atoms with Gasteiger partial charge in [-0.15, -0.1) is 0 Å². The van der Waals surface area contributed by atoms with Gasteiger partial charge in [-0.05, 0) is 7.05 Å². The zero-order chi connectivity index (χ0) is 10.0. The van der Waals surface area contributed by atoms with Gasteiger partial charge in [0.1, 0.15) is 6.34 Å². The first-order valence-electron chi connectivity index (χ1n) is 5.27. The van der Waals surface area contributed by atoms with E-state index in [4.69, 9.17) is 0 Å². The van der Waals surface area contributed by atoms with Gasteiger partial charge in [0, 0.05) is 25.9 Å². The molecule has 0 aromatic carbocycles. The highest BCUT2D eigenvalue weighted by molar-refractivity contribution is 5.69. The molecule has 1 atom stereocenters. The van der Waals surface area contributed by atoms with Crippen LogP contribution < -0.4 is 0 Å². The Hall–Kier alpha value is -0.740. The highest BCUT2D eigenvalue weighted by Crippen LogP contribution is 2.20. The highest BCUT2D eigenvalue weighted by Gasteiger charge is 2.34. The Morgan fingerprint density at radius 3 is 2.64 bits per heavy atom. The van der Waals surface area contributed by atoms with Crippen LogP contribution >= 0.6 is 0 Å². The second-order valence-electron chi connectivity index (χ2n) is 4.59. The van der Waals surface area contributed by atoms with Crippen LogP contribution in [0.5, 0.6) is 0 Å². The summed E-state index contributed by atoms with van der Waals surface area (Å²) >= 11 is 0. The maximum absolute atomic E-state index is 4.26. The Labute approximate surface area is 85.5 Å². The quantitative estimate of drug-likeness (QED) is 0.562. The fraction of sp³-hybridized carbons (Fsp3) is 0.800. The largest absolute Gasteiger partial charge is 0.306 e. The lowest BCUT2D eigenvalue weighted by Gasteiger charge is -2.40. The van der Waals surface area contributed by atoms with Crippen LogP contribution in [0.3, 0.4) is 0 Å². The summed E-state index contributed by atoms with van der Waals surface area (Å²) < 4.78 is 0.893. The normalized spacial score (nSPS) is 35.0. The van der Waals surface area contributed by atoms with Gasteiger partial charge < -0.3 is 4.90 Å². The smallest absolute Gasteiger partial charge is 0.192 e. The molecular weight excluding hydrogens is 176 g/mol. The van der Waals surface area contributed by atoms with Gasteiger partial charge in [-0.25, -0.2) is 4.99 Å². The van der Waals surface area contributed by atoms with E-state index in [0.717, 1.165) is 11.2 Å².